The number of benzene rings is 1. The number of aromatic hydroxyl groups is 1. The number of nitrogens with one attached hydrogen (secondary N) is 2. The molecule has 0 saturated heterocycles. The molecule has 0 saturated carbocycles. The normalized spacial score (nSPS) is 11.9. The van der Waals surface area contributed by atoms with Gasteiger partial charge in [0.2, 0.25) is 0 Å². The van der Waals surface area contributed by atoms with Gasteiger partial charge >= 0.3 is 0 Å². The SMILES string of the molecule is C/N=C(\C=C/NNC)N(C)Cc1cc(F)ccc1O. The van der Waals surface area contributed by atoms with E-state index in [0.29, 0.717) is 17.9 Å². The van der Waals surface area contributed by atoms with Gasteiger partial charge in [-0.25, -0.2) is 9.82 Å². The fourth-order valence-corrected chi connectivity index (χ4v) is 1.59. The maximum Gasteiger partial charge on any atom is 0.124 e. The predicted molar refractivity (Wildman–Crippen MR) is 74.2 cm³/mol. The summed E-state index contributed by atoms with van der Waals surface area (Å²) in [7, 11) is 5.24. The Bertz CT molecular complexity index is 474. The van der Waals surface area contributed by atoms with E-state index in [4.69, 9.17) is 0 Å². The molecule has 1 aromatic carbocycles. The molecule has 3 N–H and O–H groups in total. The van der Waals surface area contributed by atoms with Crippen LogP contribution in [0.1, 0.15) is 5.56 Å². The van der Waals surface area contributed by atoms with Gasteiger partial charge in [0.15, 0.2) is 0 Å². The van der Waals surface area contributed by atoms with Crippen molar-refractivity contribution in [3.63, 3.8) is 0 Å². The molecule has 0 aromatic heterocycles. The monoisotopic (exact) mass is 266 g/mol. The van der Waals surface area contributed by atoms with Crippen molar-refractivity contribution < 1.29 is 9.50 Å². The van der Waals surface area contributed by atoms with Crippen LogP contribution in [0.15, 0.2) is 35.5 Å². The van der Waals surface area contributed by atoms with Crippen LogP contribution in [0.4, 0.5) is 4.39 Å². The van der Waals surface area contributed by atoms with Gasteiger partial charge in [-0.05, 0) is 24.3 Å². The van der Waals surface area contributed by atoms with Crippen LogP contribution in [0.3, 0.4) is 0 Å². The van der Waals surface area contributed by atoms with Crippen molar-refractivity contribution in [1.82, 2.24) is 15.8 Å². The first-order valence-corrected chi connectivity index (χ1v) is 5.82. The summed E-state index contributed by atoms with van der Waals surface area (Å²) in [6.07, 6.45) is 3.47. The lowest BCUT2D eigenvalue weighted by atomic mass is 10.2. The zero-order valence-corrected chi connectivity index (χ0v) is 11.3. The van der Waals surface area contributed by atoms with E-state index in [1.807, 2.05) is 11.9 Å². The second-order valence-electron chi connectivity index (χ2n) is 3.94. The first kappa shape index (κ1) is 15.0. The van der Waals surface area contributed by atoms with Gasteiger partial charge in [0.25, 0.3) is 0 Å². The van der Waals surface area contributed by atoms with Crippen molar-refractivity contribution >= 4 is 5.84 Å². The topological polar surface area (TPSA) is 59.9 Å². The number of phenols is 1. The quantitative estimate of drug-likeness (QED) is 0.426. The molecule has 0 heterocycles. The highest BCUT2D eigenvalue weighted by atomic mass is 19.1. The molecular weight excluding hydrogens is 247 g/mol. The molecule has 0 fully saturated rings. The molecule has 0 aliphatic heterocycles. The first-order valence-electron chi connectivity index (χ1n) is 5.82. The summed E-state index contributed by atoms with van der Waals surface area (Å²) in [6.45, 7) is 0.361. The summed E-state index contributed by atoms with van der Waals surface area (Å²) in [5, 5.41) is 9.68. The average Bonchev–Trinajstić information content (AvgIpc) is 2.39. The van der Waals surface area contributed by atoms with Crippen LogP contribution < -0.4 is 10.9 Å². The number of halogens is 1. The Morgan fingerprint density at radius 1 is 1.53 bits per heavy atom. The molecule has 0 aliphatic rings. The summed E-state index contributed by atoms with van der Waals surface area (Å²) in [4.78, 5) is 5.93. The molecule has 0 bridgehead atoms. The number of phenolic OH excluding ortho intramolecular Hbond substituents is 1. The number of nitrogens with zero attached hydrogens (tertiary/aromatic N) is 2. The number of amidine groups is 1. The van der Waals surface area contributed by atoms with E-state index >= 15 is 0 Å². The molecule has 0 atom stereocenters. The molecule has 0 unspecified atom stereocenters. The minimum Gasteiger partial charge on any atom is -0.508 e. The molecule has 1 aromatic rings. The van der Waals surface area contributed by atoms with Gasteiger partial charge in [-0.1, -0.05) is 0 Å². The summed E-state index contributed by atoms with van der Waals surface area (Å²) in [5.74, 6) is 0.399. The zero-order chi connectivity index (χ0) is 14.3. The van der Waals surface area contributed by atoms with Crippen molar-refractivity contribution in [2.75, 3.05) is 21.1 Å². The third-order valence-corrected chi connectivity index (χ3v) is 2.53. The van der Waals surface area contributed by atoms with Crippen LogP contribution in [-0.2, 0) is 6.54 Å². The number of likely N-dealkylation sites (N-methyl/N-ethyl adjacent to an activating group) is 1. The Hall–Kier alpha value is -2.08. The molecular formula is C13H19FN4O. The smallest absolute Gasteiger partial charge is 0.124 e. The summed E-state index contributed by atoms with van der Waals surface area (Å²) >= 11 is 0. The highest BCUT2D eigenvalue weighted by Crippen LogP contribution is 2.19. The minimum absolute atomic E-state index is 0.0704. The van der Waals surface area contributed by atoms with Gasteiger partial charge in [0.05, 0.1) is 0 Å². The standard InChI is InChI=1S/C13H19FN4O/c1-15-13(6-7-17-16-2)18(3)9-10-8-11(14)4-5-12(10)19/h4-8,16-17,19H,9H2,1-3H3/b7-6-,15-13+. The largest absolute Gasteiger partial charge is 0.508 e. The van der Waals surface area contributed by atoms with Crippen LogP contribution in [0.5, 0.6) is 5.75 Å². The Morgan fingerprint density at radius 2 is 2.26 bits per heavy atom. The van der Waals surface area contributed by atoms with Crippen LogP contribution in [0.2, 0.25) is 0 Å². The molecule has 6 heteroatoms. The predicted octanol–water partition coefficient (Wildman–Crippen LogP) is 1.23. The fraction of sp³-hybridized carbons (Fsp3) is 0.308. The zero-order valence-electron chi connectivity index (χ0n) is 11.3. The maximum absolute atomic E-state index is 13.1. The highest BCUT2D eigenvalue weighted by molar-refractivity contribution is 5.92. The van der Waals surface area contributed by atoms with Crippen LogP contribution >= 0.6 is 0 Å². The lowest BCUT2D eigenvalue weighted by Gasteiger charge is -2.19. The summed E-state index contributed by atoms with van der Waals surface area (Å²) in [5.41, 5.74) is 6.07. The number of hydrogen-bond acceptors (Lipinski definition) is 4. The third kappa shape index (κ3) is 4.59. The van der Waals surface area contributed by atoms with E-state index in [9.17, 15) is 9.50 Å². The van der Waals surface area contributed by atoms with Gasteiger partial charge in [-0.2, -0.15) is 0 Å². The first-order chi connectivity index (χ1) is 9.08. The number of rotatable bonds is 5. The number of aliphatic imine (C=N–C) groups is 1. The van der Waals surface area contributed by atoms with E-state index in [1.54, 1.807) is 26.4 Å². The molecule has 0 radical (unpaired) electrons. The highest BCUT2D eigenvalue weighted by Gasteiger charge is 2.08. The van der Waals surface area contributed by atoms with E-state index < -0.39 is 0 Å². The maximum atomic E-state index is 13.1. The summed E-state index contributed by atoms with van der Waals surface area (Å²) in [6, 6.07) is 3.89. The van der Waals surface area contributed by atoms with Gasteiger partial charge in [0, 0.05) is 39.5 Å². The second-order valence-corrected chi connectivity index (χ2v) is 3.94. The number of hydrogen-bond donors (Lipinski definition) is 3. The number of hydrazine groups is 1. The average molecular weight is 266 g/mol. The lowest BCUT2D eigenvalue weighted by molar-refractivity contribution is 0.439. The van der Waals surface area contributed by atoms with E-state index in [2.05, 4.69) is 15.8 Å². The van der Waals surface area contributed by atoms with Gasteiger partial charge in [-0.15, -0.1) is 0 Å². The Balaban J connectivity index is 2.77. The molecule has 104 valence electrons. The molecule has 5 nitrogen and oxygen atoms in total. The fourth-order valence-electron chi connectivity index (χ4n) is 1.59. The van der Waals surface area contributed by atoms with Crippen molar-refractivity contribution in [2.24, 2.45) is 4.99 Å². The molecule has 0 spiro atoms. The van der Waals surface area contributed by atoms with Crippen LogP contribution in [0.25, 0.3) is 0 Å². The van der Waals surface area contributed by atoms with E-state index in [0.717, 1.165) is 0 Å². The Morgan fingerprint density at radius 3 is 2.89 bits per heavy atom. The summed E-state index contributed by atoms with van der Waals surface area (Å²) < 4.78 is 13.1. The van der Waals surface area contributed by atoms with Crippen molar-refractivity contribution in [2.45, 2.75) is 6.54 Å². The molecule has 0 aliphatic carbocycles. The molecule has 0 amide bonds. The van der Waals surface area contributed by atoms with Crippen LogP contribution in [-0.4, -0.2) is 37.0 Å². The van der Waals surface area contributed by atoms with Crippen molar-refractivity contribution in [1.29, 1.82) is 0 Å². The van der Waals surface area contributed by atoms with Crippen molar-refractivity contribution in [3.8, 4) is 5.75 Å². The second kappa shape index (κ2) is 7.38. The van der Waals surface area contributed by atoms with Crippen LogP contribution in [0, 0.1) is 5.82 Å². The van der Waals surface area contributed by atoms with E-state index in [1.165, 1.54) is 18.2 Å². The minimum atomic E-state index is -0.372. The van der Waals surface area contributed by atoms with E-state index in [-0.39, 0.29) is 11.6 Å². The van der Waals surface area contributed by atoms with Gasteiger partial charge in [0.1, 0.15) is 17.4 Å². The van der Waals surface area contributed by atoms with Crippen molar-refractivity contribution in [3.05, 3.63) is 41.9 Å². The molecule has 1 rings (SSSR count). The van der Waals surface area contributed by atoms with Gasteiger partial charge < -0.3 is 15.4 Å². The lowest BCUT2D eigenvalue weighted by Crippen LogP contribution is -2.26. The Kier molecular flexibility index (Phi) is 5.81. The van der Waals surface area contributed by atoms with Gasteiger partial charge in [-0.3, -0.25) is 4.99 Å². The molecule has 19 heavy (non-hydrogen) atoms. The third-order valence-electron chi connectivity index (χ3n) is 2.53. The Labute approximate surface area is 112 Å².